The van der Waals surface area contributed by atoms with Gasteiger partial charge >= 0.3 is 6.01 Å². The number of anilines is 2. The van der Waals surface area contributed by atoms with Crippen molar-refractivity contribution in [2.45, 2.75) is 45.6 Å². The predicted molar refractivity (Wildman–Crippen MR) is 70.5 cm³/mol. The Balaban J connectivity index is 2.07. The summed E-state index contributed by atoms with van der Waals surface area (Å²) in [6.45, 7) is 4.59. The number of methoxy groups -OCH3 is 1. The second-order valence-electron chi connectivity index (χ2n) is 5.61. The molecule has 1 saturated carbocycles. The van der Waals surface area contributed by atoms with Crippen LogP contribution in [0, 0.1) is 5.41 Å². The van der Waals surface area contributed by atoms with E-state index in [1.165, 1.54) is 20.0 Å². The van der Waals surface area contributed by atoms with Crippen LogP contribution in [0.4, 0.5) is 11.9 Å². The van der Waals surface area contributed by atoms with Crippen molar-refractivity contribution in [2.75, 3.05) is 18.2 Å². The van der Waals surface area contributed by atoms with E-state index in [1.54, 1.807) is 0 Å². The molecule has 1 aromatic heterocycles. The summed E-state index contributed by atoms with van der Waals surface area (Å²) in [6, 6.07) is 0.639. The largest absolute Gasteiger partial charge is 0.467 e. The molecule has 0 saturated heterocycles. The van der Waals surface area contributed by atoms with E-state index in [1.807, 2.05) is 0 Å². The van der Waals surface area contributed by atoms with E-state index in [9.17, 15) is 0 Å². The van der Waals surface area contributed by atoms with Crippen molar-refractivity contribution in [1.29, 1.82) is 0 Å². The van der Waals surface area contributed by atoms with Crippen molar-refractivity contribution in [3.63, 3.8) is 0 Å². The molecule has 0 aromatic carbocycles. The third-order valence-electron chi connectivity index (χ3n) is 3.35. The standard InChI is InChI=1S/C12H21N5O/c1-12(2)6-4-5-8(7-12)14-10-15-9(13)16-11(17-10)18-3/h8H,4-7H2,1-3H3,(H3,13,14,15,16,17). The number of nitrogen functional groups attached to an aromatic ring is 1. The maximum Gasteiger partial charge on any atom is 0.322 e. The number of nitrogens with one attached hydrogen (secondary N) is 1. The van der Waals surface area contributed by atoms with Gasteiger partial charge in [-0.2, -0.15) is 15.0 Å². The van der Waals surface area contributed by atoms with Gasteiger partial charge < -0.3 is 15.8 Å². The number of rotatable bonds is 3. The molecule has 100 valence electrons. The Morgan fingerprint density at radius 2 is 2.11 bits per heavy atom. The number of nitrogens with zero attached hydrogens (tertiary/aromatic N) is 3. The van der Waals surface area contributed by atoms with Crippen LogP contribution in [-0.4, -0.2) is 28.1 Å². The first kappa shape index (κ1) is 12.9. The zero-order valence-electron chi connectivity index (χ0n) is 11.2. The van der Waals surface area contributed by atoms with Crippen LogP contribution in [0.2, 0.25) is 0 Å². The average Bonchev–Trinajstić information content (AvgIpc) is 2.26. The summed E-state index contributed by atoms with van der Waals surface area (Å²) >= 11 is 0. The molecule has 1 atom stereocenters. The van der Waals surface area contributed by atoms with Gasteiger partial charge in [-0.05, 0) is 24.7 Å². The van der Waals surface area contributed by atoms with Crippen molar-refractivity contribution in [3.05, 3.63) is 0 Å². The van der Waals surface area contributed by atoms with Gasteiger partial charge in [0.1, 0.15) is 0 Å². The van der Waals surface area contributed by atoms with Gasteiger partial charge in [-0.25, -0.2) is 0 Å². The molecule has 6 heteroatoms. The number of aromatic nitrogens is 3. The Labute approximate surface area is 107 Å². The summed E-state index contributed by atoms with van der Waals surface area (Å²) in [5.41, 5.74) is 5.98. The highest BCUT2D eigenvalue weighted by atomic mass is 16.5. The summed E-state index contributed by atoms with van der Waals surface area (Å²) in [6.07, 6.45) is 4.74. The van der Waals surface area contributed by atoms with Crippen LogP contribution < -0.4 is 15.8 Å². The molecule has 6 nitrogen and oxygen atoms in total. The Morgan fingerprint density at radius 1 is 1.33 bits per heavy atom. The van der Waals surface area contributed by atoms with Gasteiger partial charge in [-0.15, -0.1) is 0 Å². The number of hydrogen-bond donors (Lipinski definition) is 2. The molecule has 0 bridgehead atoms. The van der Waals surface area contributed by atoms with E-state index in [4.69, 9.17) is 10.5 Å². The maximum atomic E-state index is 5.61. The van der Waals surface area contributed by atoms with Gasteiger partial charge in [0.2, 0.25) is 11.9 Å². The average molecular weight is 251 g/mol. The summed E-state index contributed by atoms with van der Waals surface area (Å²) in [4.78, 5) is 12.1. The molecule has 1 aromatic rings. The summed E-state index contributed by atoms with van der Waals surface area (Å²) in [7, 11) is 1.52. The van der Waals surface area contributed by atoms with E-state index in [-0.39, 0.29) is 12.0 Å². The van der Waals surface area contributed by atoms with E-state index in [2.05, 4.69) is 34.1 Å². The second-order valence-corrected chi connectivity index (χ2v) is 5.61. The Hall–Kier alpha value is -1.59. The van der Waals surface area contributed by atoms with Crippen LogP contribution in [0.25, 0.3) is 0 Å². The highest BCUT2D eigenvalue weighted by molar-refractivity contribution is 5.33. The maximum absolute atomic E-state index is 5.61. The normalized spacial score (nSPS) is 22.5. The molecule has 1 aliphatic carbocycles. The Morgan fingerprint density at radius 3 is 2.78 bits per heavy atom. The van der Waals surface area contributed by atoms with Crippen LogP contribution in [0.5, 0.6) is 6.01 Å². The summed E-state index contributed by atoms with van der Waals surface area (Å²) in [5.74, 6) is 0.682. The fourth-order valence-electron chi connectivity index (χ4n) is 2.53. The van der Waals surface area contributed by atoms with E-state index in [0.29, 0.717) is 17.4 Å². The molecular weight excluding hydrogens is 230 g/mol. The lowest BCUT2D eigenvalue weighted by molar-refractivity contribution is 0.229. The highest BCUT2D eigenvalue weighted by Crippen LogP contribution is 2.36. The smallest absolute Gasteiger partial charge is 0.322 e. The van der Waals surface area contributed by atoms with E-state index in [0.717, 1.165) is 12.8 Å². The Bertz CT molecular complexity index is 421. The molecule has 0 aliphatic heterocycles. The third-order valence-corrected chi connectivity index (χ3v) is 3.35. The first-order valence-corrected chi connectivity index (χ1v) is 6.30. The quantitative estimate of drug-likeness (QED) is 0.852. The molecule has 1 heterocycles. The molecule has 0 radical (unpaired) electrons. The zero-order valence-corrected chi connectivity index (χ0v) is 11.2. The lowest BCUT2D eigenvalue weighted by atomic mass is 9.75. The lowest BCUT2D eigenvalue weighted by Gasteiger charge is -2.35. The fraction of sp³-hybridized carbons (Fsp3) is 0.750. The first-order valence-electron chi connectivity index (χ1n) is 6.30. The van der Waals surface area contributed by atoms with Gasteiger partial charge in [0.15, 0.2) is 0 Å². The summed E-state index contributed by atoms with van der Waals surface area (Å²) < 4.78 is 4.98. The molecule has 3 N–H and O–H groups in total. The minimum absolute atomic E-state index is 0.180. The van der Waals surface area contributed by atoms with Gasteiger partial charge in [-0.1, -0.05) is 20.3 Å². The Kier molecular flexibility index (Phi) is 3.54. The van der Waals surface area contributed by atoms with Crippen LogP contribution >= 0.6 is 0 Å². The monoisotopic (exact) mass is 251 g/mol. The minimum atomic E-state index is 0.180. The highest BCUT2D eigenvalue weighted by Gasteiger charge is 2.28. The molecular formula is C12H21N5O. The van der Waals surface area contributed by atoms with Crippen LogP contribution in [0.15, 0.2) is 0 Å². The third kappa shape index (κ3) is 3.21. The van der Waals surface area contributed by atoms with Gasteiger partial charge in [0.25, 0.3) is 0 Å². The molecule has 1 aliphatic rings. The minimum Gasteiger partial charge on any atom is -0.467 e. The molecule has 1 fully saturated rings. The molecule has 0 spiro atoms. The molecule has 0 amide bonds. The number of nitrogens with two attached hydrogens (primary N) is 1. The van der Waals surface area contributed by atoms with Crippen molar-refractivity contribution >= 4 is 11.9 Å². The number of hydrogen-bond acceptors (Lipinski definition) is 6. The van der Waals surface area contributed by atoms with Crippen molar-refractivity contribution in [2.24, 2.45) is 5.41 Å². The number of ether oxygens (including phenoxy) is 1. The van der Waals surface area contributed by atoms with Gasteiger partial charge in [0, 0.05) is 6.04 Å². The zero-order chi connectivity index (χ0) is 13.2. The SMILES string of the molecule is COc1nc(N)nc(NC2CCCC(C)(C)C2)n1. The van der Waals surface area contributed by atoms with E-state index < -0.39 is 0 Å². The fourth-order valence-corrected chi connectivity index (χ4v) is 2.53. The van der Waals surface area contributed by atoms with Crippen molar-refractivity contribution in [1.82, 2.24) is 15.0 Å². The van der Waals surface area contributed by atoms with Crippen LogP contribution in [0.3, 0.4) is 0 Å². The van der Waals surface area contributed by atoms with E-state index >= 15 is 0 Å². The van der Waals surface area contributed by atoms with Gasteiger partial charge in [0.05, 0.1) is 7.11 Å². The summed E-state index contributed by atoms with van der Waals surface area (Å²) in [5, 5.41) is 3.33. The topological polar surface area (TPSA) is 86.0 Å². The molecule has 1 unspecified atom stereocenters. The van der Waals surface area contributed by atoms with Crippen LogP contribution in [-0.2, 0) is 0 Å². The first-order chi connectivity index (χ1) is 8.48. The van der Waals surface area contributed by atoms with Crippen molar-refractivity contribution in [3.8, 4) is 6.01 Å². The molecule has 2 rings (SSSR count). The second kappa shape index (κ2) is 4.96. The molecule has 18 heavy (non-hydrogen) atoms. The predicted octanol–water partition coefficient (Wildman–Crippen LogP) is 1.84. The van der Waals surface area contributed by atoms with Crippen LogP contribution in [0.1, 0.15) is 39.5 Å². The van der Waals surface area contributed by atoms with Crippen molar-refractivity contribution < 1.29 is 4.74 Å². The lowest BCUT2D eigenvalue weighted by Crippen LogP contribution is -2.32. The van der Waals surface area contributed by atoms with Gasteiger partial charge in [-0.3, -0.25) is 0 Å².